The van der Waals surface area contributed by atoms with Gasteiger partial charge >= 0.3 is 0 Å². The van der Waals surface area contributed by atoms with E-state index >= 15 is 0 Å². The Bertz CT molecular complexity index is 3370. The second-order valence-electron chi connectivity index (χ2n) is 13.6. The van der Waals surface area contributed by atoms with Crippen LogP contribution in [0.5, 0.6) is 0 Å². The molecular weight excluding hydrogens is 657 g/mol. The van der Waals surface area contributed by atoms with Gasteiger partial charge in [0.25, 0.3) is 0 Å². The highest BCUT2D eigenvalue weighted by atomic mass is 32.1. The number of hydrogen-bond donors (Lipinski definition) is 0. The fourth-order valence-electron chi connectivity index (χ4n) is 8.57. The number of para-hydroxylation sites is 1. The summed E-state index contributed by atoms with van der Waals surface area (Å²) in [6.45, 7) is 0. The fraction of sp³-hybridized carbons (Fsp3) is 0. The third-order valence-electron chi connectivity index (χ3n) is 10.8. The van der Waals surface area contributed by atoms with E-state index < -0.39 is 0 Å². The molecule has 0 radical (unpaired) electrons. The zero-order valence-corrected chi connectivity index (χ0v) is 28.9. The summed E-state index contributed by atoms with van der Waals surface area (Å²) < 4.78 is 11.7. The third kappa shape index (κ3) is 3.90. The molecule has 12 aromatic rings. The van der Waals surface area contributed by atoms with Crippen LogP contribution in [0.15, 0.2) is 162 Å². The molecule has 9 aromatic carbocycles. The number of fused-ring (bicyclic) bond motifs is 13. The standard InChI is InChI=1S/C48H26OS2/c1-3-13-35-33(11-1)46(34-12-2-4-14-36(34)47(35)29-18-20-32-31-10-6-8-16-42(31)50-44(32)25-29)28-19-22-43-39(24-28)40-23-27-17-21-37-30-9-5-7-15-41(30)49-48(37)38(27)26-45(40)51-43/h1-26H. The van der Waals surface area contributed by atoms with Crippen molar-refractivity contribution in [3.63, 3.8) is 0 Å². The van der Waals surface area contributed by atoms with Crippen LogP contribution in [0.2, 0.25) is 0 Å². The van der Waals surface area contributed by atoms with Crippen LogP contribution < -0.4 is 0 Å². The van der Waals surface area contributed by atoms with Gasteiger partial charge in [-0.15, -0.1) is 22.7 Å². The van der Waals surface area contributed by atoms with E-state index in [2.05, 4.69) is 152 Å². The highest BCUT2D eigenvalue weighted by Crippen LogP contribution is 2.47. The molecule has 3 heteroatoms. The van der Waals surface area contributed by atoms with E-state index in [0.717, 1.165) is 11.2 Å². The zero-order chi connectivity index (χ0) is 33.2. The van der Waals surface area contributed by atoms with E-state index in [9.17, 15) is 0 Å². The van der Waals surface area contributed by atoms with Crippen LogP contribution >= 0.6 is 22.7 Å². The summed E-state index contributed by atoms with van der Waals surface area (Å²) in [5.41, 5.74) is 7.01. The minimum Gasteiger partial charge on any atom is -0.455 e. The predicted molar refractivity (Wildman–Crippen MR) is 223 cm³/mol. The SMILES string of the molecule is c1ccc2c(c1)oc1c3cc4sc5ccc(-c6c7ccccc7c(-c7ccc8c(c7)sc7ccccc78)c7ccccc67)cc5c4cc3ccc21. The maximum Gasteiger partial charge on any atom is 0.143 e. The van der Waals surface area contributed by atoms with Gasteiger partial charge < -0.3 is 4.42 Å². The van der Waals surface area contributed by atoms with E-state index in [1.54, 1.807) is 0 Å². The minimum atomic E-state index is 0.937. The van der Waals surface area contributed by atoms with Crippen molar-refractivity contribution < 1.29 is 4.42 Å². The van der Waals surface area contributed by atoms with Crippen molar-refractivity contribution in [3.8, 4) is 22.3 Å². The van der Waals surface area contributed by atoms with Crippen LogP contribution in [0.4, 0.5) is 0 Å². The van der Waals surface area contributed by atoms with Gasteiger partial charge in [-0.1, -0.05) is 109 Å². The first kappa shape index (κ1) is 27.8. The Labute approximate surface area is 300 Å². The molecule has 12 rings (SSSR count). The smallest absolute Gasteiger partial charge is 0.143 e. The second-order valence-corrected chi connectivity index (χ2v) is 15.7. The summed E-state index contributed by atoms with van der Waals surface area (Å²) in [6.07, 6.45) is 0. The van der Waals surface area contributed by atoms with Gasteiger partial charge in [-0.05, 0) is 97.7 Å². The largest absolute Gasteiger partial charge is 0.455 e. The highest BCUT2D eigenvalue weighted by Gasteiger charge is 2.19. The Kier molecular flexibility index (Phi) is 5.59. The Morgan fingerprint density at radius 1 is 0.314 bits per heavy atom. The lowest BCUT2D eigenvalue weighted by Gasteiger charge is -2.18. The van der Waals surface area contributed by atoms with Crippen molar-refractivity contribution >= 4 is 117 Å². The fourth-order valence-corrected chi connectivity index (χ4v) is 10.8. The number of benzene rings is 9. The van der Waals surface area contributed by atoms with Crippen LogP contribution in [0, 0.1) is 0 Å². The molecule has 1 nitrogen and oxygen atoms in total. The molecule has 0 fully saturated rings. The van der Waals surface area contributed by atoms with Gasteiger partial charge in [-0.25, -0.2) is 0 Å². The van der Waals surface area contributed by atoms with Crippen LogP contribution in [0.1, 0.15) is 0 Å². The van der Waals surface area contributed by atoms with E-state index in [1.165, 1.54) is 106 Å². The molecule has 51 heavy (non-hydrogen) atoms. The van der Waals surface area contributed by atoms with Gasteiger partial charge in [0.05, 0.1) is 0 Å². The summed E-state index contributed by atoms with van der Waals surface area (Å²) >= 11 is 3.75. The van der Waals surface area contributed by atoms with E-state index in [4.69, 9.17) is 4.42 Å². The molecule has 0 amide bonds. The van der Waals surface area contributed by atoms with Crippen molar-refractivity contribution in [2.45, 2.75) is 0 Å². The summed E-state index contributed by atoms with van der Waals surface area (Å²) in [7, 11) is 0. The Morgan fingerprint density at radius 2 is 0.843 bits per heavy atom. The lowest BCUT2D eigenvalue weighted by Crippen LogP contribution is -1.90. The minimum absolute atomic E-state index is 0.937. The van der Waals surface area contributed by atoms with E-state index in [1.807, 2.05) is 28.7 Å². The van der Waals surface area contributed by atoms with Crippen molar-refractivity contribution in [2.75, 3.05) is 0 Å². The maximum absolute atomic E-state index is 6.43. The number of thiophene rings is 2. The number of hydrogen-bond acceptors (Lipinski definition) is 3. The summed E-state index contributed by atoms with van der Waals surface area (Å²) in [5, 5.41) is 15.1. The molecule has 0 saturated carbocycles. The van der Waals surface area contributed by atoms with Crippen molar-refractivity contribution in [3.05, 3.63) is 158 Å². The number of rotatable bonds is 2. The average molecular weight is 683 g/mol. The summed E-state index contributed by atoms with van der Waals surface area (Å²) in [6, 6.07) is 58.3. The predicted octanol–water partition coefficient (Wildman–Crippen LogP) is 15.1. The van der Waals surface area contributed by atoms with E-state index in [0.29, 0.717) is 0 Å². The van der Waals surface area contributed by atoms with E-state index in [-0.39, 0.29) is 0 Å². The van der Waals surface area contributed by atoms with Crippen LogP contribution in [0.25, 0.3) is 117 Å². The summed E-state index contributed by atoms with van der Waals surface area (Å²) in [5.74, 6) is 0. The van der Waals surface area contributed by atoms with Crippen molar-refractivity contribution in [1.29, 1.82) is 0 Å². The first-order valence-corrected chi connectivity index (χ1v) is 19.0. The van der Waals surface area contributed by atoms with Gasteiger partial charge in [0, 0.05) is 56.5 Å². The van der Waals surface area contributed by atoms with Crippen LogP contribution in [-0.4, -0.2) is 0 Å². The molecule has 0 aliphatic rings. The van der Waals surface area contributed by atoms with Crippen molar-refractivity contribution in [1.82, 2.24) is 0 Å². The van der Waals surface area contributed by atoms with Crippen molar-refractivity contribution in [2.24, 2.45) is 0 Å². The number of furan rings is 1. The third-order valence-corrected chi connectivity index (χ3v) is 13.1. The molecule has 0 N–H and O–H groups in total. The second kappa shape index (κ2) is 10.3. The maximum atomic E-state index is 6.43. The molecule has 0 aliphatic heterocycles. The molecule has 0 spiro atoms. The topological polar surface area (TPSA) is 13.1 Å². The lowest BCUT2D eigenvalue weighted by molar-refractivity contribution is 0.673. The quantitative estimate of drug-likeness (QED) is 0.165. The molecule has 0 atom stereocenters. The van der Waals surface area contributed by atoms with Crippen LogP contribution in [-0.2, 0) is 0 Å². The van der Waals surface area contributed by atoms with Gasteiger partial charge in [-0.2, -0.15) is 0 Å². The van der Waals surface area contributed by atoms with Gasteiger partial charge in [0.15, 0.2) is 0 Å². The molecule has 0 aliphatic carbocycles. The monoisotopic (exact) mass is 682 g/mol. The van der Waals surface area contributed by atoms with Crippen LogP contribution in [0.3, 0.4) is 0 Å². The molecule has 236 valence electrons. The Balaban J connectivity index is 1.10. The Hall–Kier alpha value is -6.00. The molecule has 0 unspecified atom stereocenters. The lowest BCUT2D eigenvalue weighted by atomic mass is 9.85. The molecule has 0 bridgehead atoms. The normalized spacial score (nSPS) is 12.3. The molecule has 3 aromatic heterocycles. The summed E-state index contributed by atoms with van der Waals surface area (Å²) in [4.78, 5) is 0. The van der Waals surface area contributed by atoms with Gasteiger partial charge in [0.2, 0.25) is 0 Å². The van der Waals surface area contributed by atoms with Gasteiger partial charge in [-0.3, -0.25) is 0 Å². The van der Waals surface area contributed by atoms with Gasteiger partial charge in [0.1, 0.15) is 11.2 Å². The molecule has 0 saturated heterocycles. The zero-order valence-electron chi connectivity index (χ0n) is 27.2. The first-order chi connectivity index (χ1) is 25.3. The molecular formula is C48H26OS2. The first-order valence-electron chi connectivity index (χ1n) is 17.3. The average Bonchev–Trinajstić information content (AvgIpc) is 3.86. The highest BCUT2D eigenvalue weighted by molar-refractivity contribution is 7.26. The molecule has 3 heterocycles. The Morgan fingerprint density at radius 3 is 1.59 bits per heavy atom.